The smallest absolute Gasteiger partial charge is 0.384 e. The number of alkyl halides is 3. The highest BCUT2D eigenvalue weighted by molar-refractivity contribution is 5.76. The van der Waals surface area contributed by atoms with Crippen molar-refractivity contribution < 1.29 is 18.0 Å². The zero-order valence-electron chi connectivity index (χ0n) is 14.3. The number of aryl methyl sites for hydroxylation is 1. The number of nitrogens with zero attached hydrogens (tertiary/aromatic N) is 1. The Morgan fingerprint density at radius 1 is 1.28 bits per heavy atom. The number of carbonyl (C=O) groups excluding carboxylic acids is 1. The first-order valence-electron chi connectivity index (χ1n) is 8.45. The maximum atomic E-state index is 13.2. The van der Waals surface area contributed by atoms with Crippen LogP contribution in [0.2, 0.25) is 0 Å². The number of hydrogen-bond acceptors (Lipinski definition) is 4. The lowest BCUT2D eigenvalue weighted by Gasteiger charge is -2.35. The minimum absolute atomic E-state index is 0.125. The van der Waals surface area contributed by atoms with E-state index >= 15 is 0 Å². The zero-order valence-corrected chi connectivity index (χ0v) is 14.3. The summed E-state index contributed by atoms with van der Waals surface area (Å²) in [7, 11) is 0. The molecule has 1 heterocycles. The van der Waals surface area contributed by atoms with Crippen LogP contribution in [0.15, 0.2) is 24.3 Å². The van der Waals surface area contributed by atoms with Crippen LogP contribution in [0.25, 0.3) is 0 Å². The predicted octanol–water partition coefficient (Wildman–Crippen LogP) is 1.75. The molecule has 5 nitrogen and oxygen atoms in total. The number of halogens is 3. The molecule has 1 aromatic carbocycles. The van der Waals surface area contributed by atoms with Gasteiger partial charge in [0, 0.05) is 51.4 Å². The van der Waals surface area contributed by atoms with Gasteiger partial charge in [-0.2, -0.15) is 13.2 Å². The van der Waals surface area contributed by atoms with Gasteiger partial charge in [-0.25, -0.2) is 0 Å². The van der Waals surface area contributed by atoms with Crippen LogP contribution in [0, 0.1) is 6.92 Å². The minimum Gasteiger partial charge on any atom is -0.384 e. The summed E-state index contributed by atoms with van der Waals surface area (Å²) in [5.74, 6) is -0.384. The van der Waals surface area contributed by atoms with Crippen LogP contribution in [0.1, 0.15) is 12.0 Å². The zero-order chi connectivity index (χ0) is 18.3. The summed E-state index contributed by atoms with van der Waals surface area (Å²) in [6.07, 6.45) is -4.23. The van der Waals surface area contributed by atoms with Crippen molar-refractivity contribution in [2.45, 2.75) is 25.6 Å². The molecule has 1 fully saturated rings. The number of nitrogens with one attached hydrogen (secondary N) is 3. The lowest BCUT2D eigenvalue weighted by Crippen LogP contribution is -2.57. The van der Waals surface area contributed by atoms with E-state index in [0.717, 1.165) is 11.3 Å². The molecule has 25 heavy (non-hydrogen) atoms. The Morgan fingerprint density at radius 3 is 2.60 bits per heavy atom. The van der Waals surface area contributed by atoms with Crippen molar-refractivity contribution in [3.63, 3.8) is 0 Å². The molecule has 0 bridgehead atoms. The Hall–Kier alpha value is -1.80. The van der Waals surface area contributed by atoms with Gasteiger partial charge in [-0.1, -0.05) is 18.2 Å². The molecule has 1 unspecified atom stereocenters. The van der Waals surface area contributed by atoms with Crippen molar-refractivity contribution in [2.24, 2.45) is 0 Å². The van der Waals surface area contributed by atoms with Crippen LogP contribution in [-0.2, 0) is 4.79 Å². The van der Waals surface area contributed by atoms with Crippen LogP contribution >= 0.6 is 0 Å². The van der Waals surface area contributed by atoms with E-state index in [4.69, 9.17) is 0 Å². The topological polar surface area (TPSA) is 56.4 Å². The monoisotopic (exact) mass is 358 g/mol. The second-order valence-electron chi connectivity index (χ2n) is 6.14. The highest BCUT2D eigenvalue weighted by Gasteiger charge is 2.43. The summed E-state index contributed by atoms with van der Waals surface area (Å²) in [5, 5.41) is 8.58. The lowest BCUT2D eigenvalue weighted by atomic mass is 10.2. The van der Waals surface area contributed by atoms with E-state index in [1.54, 1.807) is 0 Å². The number of benzene rings is 1. The molecule has 140 valence electrons. The molecule has 0 spiro atoms. The average Bonchev–Trinajstić information content (AvgIpc) is 2.56. The number of para-hydroxylation sites is 1. The normalized spacial score (nSPS) is 17.1. The van der Waals surface area contributed by atoms with Gasteiger partial charge in [0.05, 0.1) is 0 Å². The Kier molecular flexibility index (Phi) is 7.07. The molecule has 1 saturated heterocycles. The third kappa shape index (κ3) is 6.21. The van der Waals surface area contributed by atoms with Crippen molar-refractivity contribution in [3.8, 4) is 0 Å². The molecule has 0 aromatic heterocycles. The van der Waals surface area contributed by atoms with Crippen LogP contribution in [0.5, 0.6) is 0 Å². The molecule has 1 amide bonds. The second kappa shape index (κ2) is 9.05. The summed E-state index contributed by atoms with van der Waals surface area (Å²) >= 11 is 0. The fraction of sp³-hybridized carbons (Fsp3) is 0.588. The largest absolute Gasteiger partial charge is 0.405 e. The maximum absolute atomic E-state index is 13.2. The maximum Gasteiger partial charge on any atom is 0.405 e. The van der Waals surface area contributed by atoms with Crippen LogP contribution in [-0.4, -0.2) is 62.3 Å². The van der Waals surface area contributed by atoms with Crippen LogP contribution < -0.4 is 16.0 Å². The van der Waals surface area contributed by atoms with Crippen molar-refractivity contribution in [1.82, 2.24) is 15.5 Å². The molecule has 1 aromatic rings. The van der Waals surface area contributed by atoms with Crippen LogP contribution in [0.4, 0.5) is 18.9 Å². The molecule has 0 saturated carbocycles. The number of carbonyl (C=O) groups is 1. The van der Waals surface area contributed by atoms with Crippen molar-refractivity contribution in [1.29, 1.82) is 0 Å². The SMILES string of the molecule is Cc1ccccc1NCCC(=O)NCC(N1CCNCC1)C(F)(F)F. The molecular formula is C17H25F3N4O. The quantitative estimate of drug-likeness (QED) is 0.695. The van der Waals surface area contributed by atoms with E-state index in [1.807, 2.05) is 31.2 Å². The highest BCUT2D eigenvalue weighted by atomic mass is 19.4. The summed E-state index contributed by atoms with van der Waals surface area (Å²) < 4.78 is 39.7. The number of hydrogen-bond donors (Lipinski definition) is 3. The number of anilines is 1. The van der Waals surface area contributed by atoms with Gasteiger partial charge in [0.15, 0.2) is 0 Å². The molecule has 0 aliphatic carbocycles. The first-order chi connectivity index (χ1) is 11.9. The van der Waals surface area contributed by atoms with Crippen LogP contribution in [0.3, 0.4) is 0 Å². The first kappa shape index (κ1) is 19.5. The summed E-state index contributed by atoms with van der Waals surface area (Å²) in [6, 6.07) is 6.02. The molecule has 3 N–H and O–H groups in total. The second-order valence-corrected chi connectivity index (χ2v) is 6.14. The Morgan fingerprint density at radius 2 is 1.96 bits per heavy atom. The predicted molar refractivity (Wildman–Crippen MR) is 91.6 cm³/mol. The number of amides is 1. The third-order valence-corrected chi connectivity index (χ3v) is 4.28. The fourth-order valence-corrected chi connectivity index (χ4v) is 2.83. The van der Waals surface area contributed by atoms with Crippen molar-refractivity contribution >= 4 is 11.6 Å². The summed E-state index contributed by atoms with van der Waals surface area (Å²) in [6.45, 7) is 3.63. The molecule has 8 heteroatoms. The van der Waals surface area contributed by atoms with Gasteiger partial charge >= 0.3 is 6.18 Å². The molecule has 2 rings (SSSR count). The lowest BCUT2D eigenvalue weighted by molar-refractivity contribution is -0.184. The Labute approximate surface area is 146 Å². The molecule has 1 aliphatic rings. The number of rotatable bonds is 7. The molecule has 1 atom stereocenters. The highest BCUT2D eigenvalue weighted by Crippen LogP contribution is 2.24. The Bertz CT molecular complexity index is 559. The fourth-order valence-electron chi connectivity index (χ4n) is 2.83. The third-order valence-electron chi connectivity index (χ3n) is 4.28. The van der Waals surface area contributed by atoms with Gasteiger partial charge in [-0.05, 0) is 18.6 Å². The van der Waals surface area contributed by atoms with Crippen molar-refractivity contribution in [2.75, 3.05) is 44.6 Å². The van der Waals surface area contributed by atoms with E-state index < -0.39 is 18.8 Å². The van der Waals surface area contributed by atoms with Gasteiger partial charge in [0.2, 0.25) is 5.91 Å². The average molecular weight is 358 g/mol. The Balaban J connectivity index is 1.77. The summed E-state index contributed by atoms with van der Waals surface area (Å²) in [4.78, 5) is 13.3. The van der Waals surface area contributed by atoms with E-state index in [0.29, 0.717) is 32.7 Å². The van der Waals surface area contributed by atoms with E-state index in [-0.39, 0.29) is 12.3 Å². The van der Waals surface area contributed by atoms with E-state index in [2.05, 4.69) is 16.0 Å². The van der Waals surface area contributed by atoms with Gasteiger partial charge in [0.1, 0.15) is 6.04 Å². The first-order valence-corrected chi connectivity index (χ1v) is 8.45. The molecule has 0 radical (unpaired) electrons. The minimum atomic E-state index is -4.36. The van der Waals surface area contributed by atoms with Gasteiger partial charge < -0.3 is 16.0 Å². The number of piperazine rings is 1. The van der Waals surface area contributed by atoms with E-state index in [9.17, 15) is 18.0 Å². The van der Waals surface area contributed by atoms with Gasteiger partial charge in [0.25, 0.3) is 0 Å². The van der Waals surface area contributed by atoms with Gasteiger partial charge in [-0.15, -0.1) is 0 Å². The van der Waals surface area contributed by atoms with Gasteiger partial charge in [-0.3, -0.25) is 9.69 Å². The molecule has 1 aliphatic heterocycles. The van der Waals surface area contributed by atoms with Crippen molar-refractivity contribution in [3.05, 3.63) is 29.8 Å². The standard InChI is InChI=1S/C17H25F3N4O/c1-13-4-2-3-5-14(13)22-7-6-16(25)23-12-15(17(18,19)20)24-10-8-21-9-11-24/h2-5,15,21-22H,6-12H2,1H3,(H,23,25). The van der Waals surface area contributed by atoms with E-state index in [1.165, 1.54) is 4.90 Å². The molecular weight excluding hydrogens is 333 g/mol. The summed E-state index contributed by atoms with van der Waals surface area (Å²) in [5.41, 5.74) is 1.98.